The first-order valence-electron chi connectivity index (χ1n) is 5.22. The number of rotatable bonds is 6. The maximum absolute atomic E-state index is 10.2. The lowest BCUT2D eigenvalue weighted by molar-refractivity contribution is -0.422. The number of nitrogens with zero attached hydrogens (tertiary/aromatic N) is 2. The van der Waals surface area contributed by atoms with Crippen LogP contribution in [-0.2, 0) is 4.74 Å². The maximum Gasteiger partial charge on any atom is 0.346 e. The predicted molar refractivity (Wildman–Crippen MR) is 71.0 cm³/mol. The zero-order valence-corrected chi connectivity index (χ0v) is 10.2. The average molecular weight is 266 g/mol. The molecule has 0 aliphatic heterocycles. The summed E-state index contributed by atoms with van der Waals surface area (Å²) >= 11 is 0. The van der Waals surface area contributed by atoms with Crippen molar-refractivity contribution in [1.29, 1.82) is 0 Å². The van der Waals surface area contributed by atoms with Gasteiger partial charge in [0.15, 0.2) is 0 Å². The molecule has 0 radical (unpaired) electrons. The maximum atomic E-state index is 10.2. The van der Waals surface area contributed by atoms with Gasteiger partial charge in [0.25, 0.3) is 0 Å². The first-order valence-corrected chi connectivity index (χ1v) is 5.22. The first kappa shape index (κ1) is 16.5. The fraction of sp³-hybridized carbons (Fsp3) is 0.167. The van der Waals surface area contributed by atoms with Gasteiger partial charge in [0.1, 0.15) is 0 Å². The van der Waals surface area contributed by atoms with Crippen LogP contribution in [0.1, 0.15) is 0 Å². The quantitative estimate of drug-likeness (QED) is 0.341. The minimum Gasteiger partial charge on any atom is -0.373 e. The van der Waals surface area contributed by atoms with Crippen LogP contribution in [-0.4, -0.2) is 23.1 Å². The van der Waals surface area contributed by atoms with E-state index < -0.39 is 21.2 Å². The first-order chi connectivity index (χ1) is 9.04. The third kappa shape index (κ3) is 6.69. The van der Waals surface area contributed by atoms with Crippen LogP contribution in [0, 0.1) is 20.2 Å². The van der Waals surface area contributed by atoms with E-state index in [-0.39, 0.29) is 0 Å². The number of nitro benzene ring substituents is 2. The summed E-state index contributed by atoms with van der Waals surface area (Å²) in [6.07, 6.45) is 3.42. The largest absolute Gasteiger partial charge is 0.373 e. The smallest absolute Gasteiger partial charge is 0.346 e. The van der Waals surface area contributed by atoms with E-state index in [0.717, 1.165) is 12.1 Å². The molecular weight excluding hydrogens is 252 g/mol. The van der Waals surface area contributed by atoms with Crippen LogP contribution in [0.5, 0.6) is 0 Å². The molecule has 0 spiro atoms. The lowest BCUT2D eigenvalue weighted by atomic mass is 10.3. The molecule has 0 saturated carbocycles. The van der Waals surface area contributed by atoms with Crippen LogP contribution >= 0.6 is 0 Å². The van der Waals surface area contributed by atoms with Crippen molar-refractivity contribution in [2.24, 2.45) is 0 Å². The number of benzene rings is 1. The van der Waals surface area contributed by atoms with Gasteiger partial charge in [0.2, 0.25) is 0 Å². The average Bonchev–Trinajstić information content (AvgIpc) is 2.40. The molecule has 0 heterocycles. The van der Waals surface area contributed by atoms with Gasteiger partial charge in [-0.05, 0) is 0 Å². The summed E-state index contributed by atoms with van der Waals surface area (Å²) < 4.78 is 4.90. The molecule has 19 heavy (non-hydrogen) atoms. The van der Waals surface area contributed by atoms with Gasteiger partial charge in [0.05, 0.1) is 23.1 Å². The summed E-state index contributed by atoms with van der Waals surface area (Å²) in [7, 11) is 0. The van der Waals surface area contributed by atoms with Crippen molar-refractivity contribution in [3.63, 3.8) is 0 Å². The second kappa shape index (κ2) is 9.49. The molecule has 0 amide bonds. The topological polar surface area (TPSA) is 95.5 Å². The predicted octanol–water partition coefficient (Wildman–Crippen LogP) is 2.88. The number of para-hydroxylation sites is 2. The van der Waals surface area contributed by atoms with E-state index in [1.165, 1.54) is 12.1 Å². The Bertz CT molecular complexity index is 418. The summed E-state index contributed by atoms with van der Waals surface area (Å²) in [4.78, 5) is 18.9. The highest BCUT2D eigenvalue weighted by atomic mass is 16.6. The number of hydrogen-bond donors (Lipinski definition) is 0. The summed E-state index contributed by atoms with van der Waals surface area (Å²) in [5.41, 5.74) is -0.968. The van der Waals surface area contributed by atoms with Crippen molar-refractivity contribution >= 4 is 11.4 Å². The van der Waals surface area contributed by atoms with Crippen molar-refractivity contribution in [1.82, 2.24) is 0 Å². The van der Waals surface area contributed by atoms with Gasteiger partial charge >= 0.3 is 11.4 Å². The van der Waals surface area contributed by atoms with Crippen molar-refractivity contribution in [2.75, 3.05) is 13.2 Å². The molecule has 1 aromatic rings. The molecule has 0 aliphatic carbocycles. The SMILES string of the molecule is C=CCOCC=C.O=[N+]([O-])c1ccccc1[N+](=O)[O-]. The van der Waals surface area contributed by atoms with Crippen molar-refractivity contribution in [3.05, 3.63) is 69.8 Å². The van der Waals surface area contributed by atoms with Crippen LogP contribution < -0.4 is 0 Å². The Morgan fingerprint density at radius 3 is 1.63 bits per heavy atom. The number of ether oxygens (including phenoxy) is 1. The third-order valence-electron chi connectivity index (χ3n) is 1.75. The van der Waals surface area contributed by atoms with Gasteiger partial charge in [-0.1, -0.05) is 24.3 Å². The molecular formula is C12H14N2O5. The van der Waals surface area contributed by atoms with Crippen LogP contribution in [0.25, 0.3) is 0 Å². The monoisotopic (exact) mass is 266 g/mol. The minimum absolute atomic E-state index is 0.484. The van der Waals surface area contributed by atoms with E-state index in [2.05, 4.69) is 13.2 Å². The molecule has 1 aromatic carbocycles. The minimum atomic E-state index is -0.780. The second-order valence-corrected chi connectivity index (χ2v) is 3.12. The summed E-state index contributed by atoms with van der Waals surface area (Å²) in [6, 6.07) is 4.95. The van der Waals surface area contributed by atoms with Crippen LogP contribution in [0.3, 0.4) is 0 Å². The van der Waals surface area contributed by atoms with E-state index in [0.29, 0.717) is 13.2 Å². The molecule has 7 nitrogen and oxygen atoms in total. The highest BCUT2D eigenvalue weighted by Crippen LogP contribution is 2.24. The van der Waals surface area contributed by atoms with E-state index in [1.54, 1.807) is 12.2 Å². The molecule has 102 valence electrons. The van der Waals surface area contributed by atoms with Crippen molar-refractivity contribution < 1.29 is 14.6 Å². The highest BCUT2D eigenvalue weighted by molar-refractivity contribution is 5.51. The molecule has 1 rings (SSSR count). The highest BCUT2D eigenvalue weighted by Gasteiger charge is 2.21. The lowest BCUT2D eigenvalue weighted by Crippen LogP contribution is -1.95. The zero-order valence-electron chi connectivity index (χ0n) is 10.2. The standard InChI is InChI=1S/C6H4N2O4.C6H10O/c9-7(10)5-3-1-2-4-6(5)8(11)12;1-3-5-7-6-4-2/h1-4H;3-4H,1-2,5-6H2. The number of hydrogen-bond acceptors (Lipinski definition) is 5. The molecule has 0 bridgehead atoms. The Balaban J connectivity index is 0.000000399. The summed E-state index contributed by atoms with van der Waals surface area (Å²) in [6.45, 7) is 8.18. The molecule has 0 atom stereocenters. The van der Waals surface area contributed by atoms with E-state index in [1.807, 2.05) is 0 Å². The van der Waals surface area contributed by atoms with E-state index in [9.17, 15) is 20.2 Å². The van der Waals surface area contributed by atoms with Gasteiger partial charge < -0.3 is 4.74 Å². The molecule has 0 aromatic heterocycles. The van der Waals surface area contributed by atoms with E-state index in [4.69, 9.17) is 4.74 Å². The molecule has 0 saturated heterocycles. The normalized spacial score (nSPS) is 8.84. The fourth-order valence-corrected chi connectivity index (χ4v) is 1.01. The van der Waals surface area contributed by atoms with Gasteiger partial charge in [-0.2, -0.15) is 0 Å². The van der Waals surface area contributed by atoms with Crippen LogP contribution in [0.15, 0.2) is 49.6 Å². The third-order valence-corrected chi connectivity index (χ3v) is 1.75. The zero-order chi connectivity index (χ0) is 14.7. The Labute approximate surface area is 110 Å². The van der Waals surface area contributed by atoms with Gasteiger partial charge in [-0.15, -0.1) is 13.2 Å². The molecule has 0 fully saturated rings. The van der Waals surface area contributed by atoms with Gasteiger partial charge in [0, 0.05) is 12.1 Å². The Morgan fingerprint density at radius 1 is 1.00 bits per heavy atom. The second-order valence-electron chi connectivity index (χ2n) is 3.12. The molecule has 0 N–H and O–H groups in total. The van der Waals surface area contributed by atoms with E-state index >= 15 is 0 Å². The van der Waals surface area contributed by atoms with Crippen LogP contribution in [0.2, 0.25) is 0 Å². The molecule has 7 heteroatoms. The Morgan fingerprint density at radius 2 is 1.37 bits per heavy atom. The fourth-order valence-electron chi connectivity index (χ4n) is 1.01. The van der Waals surface area contributed by atoms with Crippen LogP contribution in [0.4, 0.5) is 11.4 Å². The summed E-state index contributed by atoms with van der Waals surface area (Å²) in [5, 5.41) is 20.5. The Kier molecular flexibility index (Phi) is 8.22. The molecule has 0 unspecified atom stereocenters. The van der Waals surface area contributed by atoms with Gasteiger partial charge in [-0.25, -0.2) is 0 Å². The molecule has 0 aliphatic rings. The summed E-state index contributed by atoms with van der Waals surface area (Å²) in [5.74, 6) is 0. The van der Waals surface area contributed by atoms with Crippen molar-refractivity contribution in [2.45, 2.75) is 0 Å². The van der Waals surface area contributed by atoms with Gasteiger partial charge in [-0.3, -0.25) is 20.2 Å². The number of nitro groups is 2. The Hall–Kier alpha value is -2.54. The lowest BCUT2D eigenvalue weighted by Gasteiger charge is -1.91. The van der Waals surface area contributed by atoms with Crippen molar-refractivity contribution in [3.8, 4) is 0 Å².